The quantitative estimate of drug-likeness (QED) is 0.187. The van der Waals surface area contributed by atoms with Crippen LogP contribution < -0.4 is 0 Å². The van der Waals surface area contributed by atoms with E-state index in [1.54, 1.807) is 6.92 Å². The molecular formula is C27H45IO6. The van der Waals surface area contributed by atoms with Gasteiger partial charge in [0.2, 0.25) is 0 Å². The molecule has 4 fully saturated rings. The van der Waals surface area contributed by atoms with Crippen LogP contribution in [-0.2, 0) is 19.1 Å². The Kier molecular flexibility index (Phi) is 7.85. The van der Waals surface area contributed by atoms with Gasteiger partial charge in [-0.25, -0.2) is 4.79 Å². The summed E-state index contributed by atoms with van der Waals surface area (Å²) in [6.07, 6.45) is 7.71. The van der Waals surface area contributed by atoms with Gasteiger partial charge in [-0.05, 0) is 83.5 Å². The SMILES string of the molecule is CCC(C)(I)C(=O)OCC(=O)OC12CC3CC(C(O)(CC)CC)(C1)CC(C(O)(CC)CC)(C3)C2. The van der Waals surface area contributed by atoms with E-state index >= 15 is 0 Å². The second-order valence-electron chi connectivity index (χ2n) is 11.8. The molecule has 0 aromatic heterocycles. The Morgan fingerprint density at radius 1 is 0.853 bits per heavy atom. The fourth-order valence-electron chi connectivity index (χ4n) is 8.19. The summed E-state index contributed by atoms with van der Waals surface area (Å²) in [7, 11) is 0. The van der Waals surface area contributed by atoms with Crippen molar-refractivity contribution in [1.82, 2.24) is 0 Å². The van der Waals surface area contributed by atoms with E-state index in [1.807, 2.05) is 34.6 Å². The lowest BCUT2D eigenvalue weighted by Gasteiger charge is -2.71. The van der Waals surface area contributed by atoms with Crippen molar-refractivity contribution in [3.05, 3.63) is 0 Å². The molecule has 0 aromatic rings. The molecule has 2 N–H and O–H groups in total. The van der Waals surface area contributed by atoms with Crippen molar-refractivity contribution in [2.45, 2.75) is 132 Å². The van der Waals surface area contributed by atoms with E-state index in [1.165, 1.54) is 0 Å². The maximum Gasteiger partial charge on any atom is 0.344 e. The zero-order chi connectivity index (χ0) is 25.6. The Hall–Kier alpha value is -0.410. The van der Waals surface area contributed by atoms with Crippen molar-refractivity contribution < 1.29 is 29.3 Å². The molecule has 196 valence electrons. The maximum atomic E-state index is 13.0. The van der Waals surface area contributed by atoms with Crippen LogP contribution in [0.15, 0.2) is 0 Å². The first-order valence-corrected chi connectivity index (χ1v) is 14.3. The Labute approximate surface area is 219 Å². The Balaban J connectivity index is 1.93. The van der Waals surface area contributed by atoms with Crippen LogP contribution in [-0.4, -0.2) is 49.0 Å². The molecule has 4 saturated carbocycles. The van der Waals surface area contributed by atoms with Gasteiger partial charge in [0.05, 0.1) is 11.2 Å². The smallest absolute Gasteiger partial charge is 0.344 e. The number of alkyl halides is 1. The number of rotatable bonds is 11. The fraction of sp³-hybridized carbons (Fsp3) is 0.926. The number of halogens is 1. The maximum absolute atomic E-state index is 13.0. The Morgan fingerprint density at radius 3 is 1.74 bits per heavy atom. The molecule has 0 radical (unpaired) electrons. The molecule has 0 heterocycles. The summed E-state index contributed by atoms with van der Waals surface area (Å²) < 4.78 is 10.9. The van der Waals surface area contributed by atoms with Gasteiger partial charge in [0.15, 0.2) is 6.61 Å². The van der Waals surface area contributed by atoms with E-state index < -0.39 is 49.6 Å². The Morgan fingerprint density at radius 2 is 1.32 bits per heavy atom. The van der Waals surface area contributed by atoms with Crippen LogP contribution in [0.25, 0.3) is 0 Å². The third-order valence-corrected chi connectivity index (χ3v) is 11.3. The molecule has 4 aliphatic rings. The molecule has 7 heteroatoms. The highest BCUT2D eigenvalue weighted by atomic mass is 127. The molecule has 4 bridgehead atoms. The average Bonchev–Trinajstić information content (AvgIpc) is 2.79. The largest absolute Gasteiger partial charge is 0.456 e. The first kappa shape index (κ1) is 28.2. The second-order valence-corrected chi connectivity index (χ2v) is 14.2. The highest BCUT2D eigenvalue weighted by Crippen LogP contribution is 2.73. The lowest BCUT2D eigenvalue weighted by Crippen LogP contribution is -2.71. The highest BCUT2D eigenvalue weighted by molar-refractivity contribution is 14.1. The van der Waals surface area contributed by atoms with Gasteiger partial charge in [0.25, 0.3) is 0 Å². The average molecular weight is 593 g/mol. The predicted octanol–water partition coefficient (Wildman–Crippen LogP) is 5.49. The molecule has 0 spiro atoms. The minimum atomic E-state index is -0.867. The highest BCUT2D eigenvalue weighted by Gasteiger charge is 2.72. The standard InChI is InChI=1S/C27H45IO6/c1-7-22(6,28)21(30)33-15-20(29)34-25-14-19-12-23(17-25,26(31,8-2)9-3)16-24(13-19,18-25)27(32,10-4)11-5/h19,31-32H,7-18H2,1-6H3. The molecule has 0 saturated heterocycles. The van der Waals surface area contributed by atoms with E-state index in [9.17, 15) is 19.8 Å². The predicted molar refractivity (Wildman–Crippen MR) is 140 cm³/mol. The molecule has 6 nitrogen and oxygen atoms in total. The summed E-state index contributed by atoms with van der Waals surface area (Å²) in [6.45, 7) is 11.4. The van der Waals surface area contributed by atoms with Gasteiger partial charge in [0.1, 0.15) is 9.02 Å². The van der Waals surface area contributed by atoms with Crippen LogP contribution in [0.2, 0.25) is 0 Å². The zero-order valence-electron chi connectivity index (χ0n) is 22.0. The number of carbonyl (C=O) groups is 2. The van der Waals surface area contributed by atoms with E-state index in [4.69, 9.17) is 9.47 Å². The third-order valence-electron chi connectivity index (χ3n) is 10.1. The van der Waals surface area contributed by atoms with Crippen molar-refractivity contribution in [2.75, 3.05) is 6.61 Å². The van der Waals surface area contributed by atoms with Crippen molar-refractivity contribution in [2.24, 2.45) is 16.7 Å². The molecular weight excluding hydrogens is 547 g/mol. The number of hydrogen-bond donors (Lipinski definition) is 2. The van der Waals surface area contributed by atoms with Gasteiger partial charge in [-0.15, -0.1) is 0 Å². The van der Waals surface area contributed by atoms with E-state index in [0.717, 1.165) is 25.7 Å². The van der Waals surface area contributed by atoms with Crippen LogP contribution in [0, 0.1) is 16.7 Å². The summed E-state index contributed by atoms with van der Waals surface area (Å²) >= 11 is 2.05. The molecule has 4 aliphatic carbocycles. The Bertz CT molecular complexity index is 750. The minimum absolute atomic E-state index is 0.290. The van der Waals surface area contributed by atoms with Gasteiger partial charge < -0.3 is 19.7 Å². The zero-order valence-corrected chi connectivity index (χ0v) is 24.1. The number of ether oxygens (including phenoxy) is 2. The van der Waals surface area contributed by atoms with Gasteiger partial charge in [-0.3, -0.25) is 4.79 Å². The van der Waals surface area contributed by atoms with E-state index in [0.29, 0.717) is 50.9 Å². The molecule has 3 unspecified atom stereocenters. The van der Waals surface area contributed by atoms with Crippen LogP contribution in [0.3, 0.4) is 0 Å². The minimum Gasteiger partial charge on any atom is -0.456 e. The molecule has 0 aliphatic heterocycles. The molecule has 0 amide bonds. The molecule has 3 atom stereocenters. The van der Waals surface area contributed by atoms with Crippen molar-refractivity contribution in [3.8, 4) is 0 Å². The monoisotopic (exact) mass is 592 g/mol. The summed E-state index contributed by atoms with van der Waals surface area (Å²) in [5, 5.41) is 23.7. The van der Waals surface area contributed by atoms with Gasteiger partial charge in [0, 0.05) is 10.8 Å². The summed E-state index contributed by atoms with van der Waals surface area (Å²) in [6, 6.07) is 0. The lowest BCUT2D eigenvalue weighted by atomic mass is 9.36. The van der Waals surface area contributed by atoms with E-state index in [-0.39, 0.29) is 0 Å². The first-order chi connectivity index (χ1) is 15.7. The van der Waals surface area contributed by atoms with Crippen LogP contribution in [0.1, 0.15) is 112 Å². The lowest BCUT2D eigenvalue weighted by molar-refractivity contribution is -0.298. The van der Waals surface area contributed by atoms with Crippen LogP contribution in [0.4, 0.5) is 0 Å². The number of carbonyl (C=O) groups excluding carboxylic acids is 2. The van der Waals surface area contributed by atoms with E-state index in [2.05, 4.69) is 22.6 Å². The number of hydrogen-bond acceptors (Lipinski definition) is 6. The summed E-state index contributed by atoms with van der Waals surface area (Å²) in [4.78, 5) is 25.4. The molecule has 34 heavy (non-hydrogen) atoms. The van der Waals surface area contributed by atoms with Crippen molar-refractivity contribution in [1.29, 1.82) is 0 Å². The molecule has 4 rings (SSSR count). The fourth-order valence-corrected chi connectivity index (χ4v) is 8.35. The number of aliphatic hydroxyl groups is 2. The normalized spacial score (nSPS) is 34.6. The number of esters is 2. The van der Waals surface area contributed by atoms with Gasteiger partial charge in [-0.1, -0.05) is 57.2 Å². The van der Waals surface area contributed by atoms with Crippen molar-refractivity contribution >= 4 is 34.5 Å². The summed E-state index contributed by atoms with van der Waals surface area (Å²) in [5.41, 5.74) is -3.26. The third kappa shape index (κ3) is 4.44. The topological polar surface area (TPSA) is 93.1 Å². The van der Waals surface area contributed by atoms with Crippen LogP contribution in [0.5, 0.6) is 0 Å². The second kappa shape index (κ2) is 9.47. The first-order valence-electron chi connectivity index (χ1n) is 13.3. The van der Waals surface area contributed by atoms with Crippen LogP contribution >= 0.6 is 22.6 Å². The van der Waals surface area contributed by atoms with Gasteiger partial charge in [-0.2, -0.15) is 0 Å². The van der Waals surface area contributed by atoms with Gasteiger partial charge >= 0.3 is 11.9 Å². The molecule has 0 aromatic carbocycles. The van der Waals surface area contributed by atoms with Crippen molar-refractivity contribution in [3.63, 3.8) is 0 Å². The summed E-state index contributed by atoms with van der Waals surface area (Å²) in [5.74, 6) is -0.653.